The minimum Gasteiger partial charge on any atom is -0.449 e. The number of hydrogen-bond donors (Lipinski definition) is 0. The molecule has 0 radical (unpaired) electrons. The molecule has 0 spiro atoms. The summed E-state index contributed by atoms with van der Waals surface area (Å²) in [6.45, 7) is 4.42. The Bertz CT molecular complexity index is 531. The van der Waals surface area contributed by atoms with E-state index in [1.807, 2.05) is 25.2 Å². The highest BCUT2D eigenvalue weighted by atomic mass is 16.6. The van der Waals surface area contributed by atoms with Crippen LogP contribution in [0, 0.1) is 0 Å². The lowest BCUT2D eigenvalue weighted by Gasteiger charge is -2.28. The van der Waals surface area contributed by atoms with E-state index >= 15 is 0 Å². The van der Waals surface area contributed by atoms with Crippen LogP contribution in [0.25, 0.3) is 0 Å². The average Bonchev–Trinajstić information content (AvgIpc) is 2.56. The first-order valence-electron chi connectivity index (χ1n) is 8.15. The van der Waals surface area contributed by atoms with Gasteiger partial charge in [-0.15, -0.1) is 0 Å². The molecule has 0 N–H and O–H groups in total. The molecule has 1 amide bonds. The van der Waals surface area contributed by atoms with Crippen LogP contribution in [0.3, 0.4) is 0 Å². The highest BCUT2D eigenvalue weighted by Gasteiger charge is 2.23. The van der Waals surface area contributed by atoms with E-state index in [1.165, 1.54) is 24.8 Å². The van der Waals surface area contributed by atoms with E-state index < -0.39 is 0 Å². The highest BCUT2D eigenvalue weighted by molar-refractivity contribution is 5.70. The molecular weight excluding hydrogens is 274 g/mol. The Morgan fingerprint density at radius 3 is 2.59 bits per heavy atom. The van der Waals surface area contributed by atoms with Crippen LogP contribution < -0.4 is 0 Å². The molecule has 3 nitrogen and oxygen atoms in total. The molecule has 1 heterocycles. The van der Waals surface area contributed by atoms with Gasteiger partial charge in [0.25, 0.3) is 0 Å². The molecule has 2 rings (SSSR count). The number of ether oxygens (including phenoxy) is 1. The fourth-order valence-electron chi connectivity index (χ4n) is 2.60. The van der Waals surface area contributed by atoms with E-state index in [0.717, 1.165) is 12.0 Å². The Kier molecular flexibility index (Phi) is 6.26. The molecule has 1 unspecified atom stereocenters. The molecule has 0 saturated carbocycles. The molecule has 1 aromatic rings. The summed E-state index contributed by atoms with van der Waals surface area (Å²) in [5, 5.41) is 0. The summed E-state index contributed by atoms with van der Waals surface area (Å²) < 4.78 is 5.12. The lowest BCUT2D eigenvalue weighted by atomic mass is 10.00. The topological polar surface area (TPSA) is 29.5 Å². The largest absolute Gasteiger partial charge is 0.449 e. The van der Waals surface area contributed by atoms with Gasteiger partial charge in [-0.25, -0.2) is 4.79 Å². The van der Waals surface area contributed by atoms with Crippen molar-refractivity contribution in [2.24, 2.45) is 0 Å². The molecule has 0 aromatic heterocycles. The van der Waals surface area contributed by atoms with Gasteiger partial charge in [-0.2, -0.15) is 0 Å². The number of aryl methyl sites for hydroxylation is 1. The van der Waals surface area contributed by atoms with E-state index in [9.17, 15) is 4.79 Å². The third kappa shape index (κ3) is 4.23. The van der Waals surface area contributed by atoms with Crippen LogP contribution in [-0.4, -0.2) is 17.6 Å². The number of rotatable bonds is 6. The molecular formula is C19H25NO2. The Morgan fingerprint density at radius 1 is 1.14 bits per heavy atom. The Labute approximate surface area is 133 Å². The van der Waals surface area contributed by atoms with Gasteiger partial charge in [0, 0.05) is 6.20 Å². The quantitative estimate of drug-likeness (QED) is 0.692. The minimum absolute atomic E-state index is 0.0891. The second-order valence-corrected chi connectivity index (χ2v) is 5.48. The van der Waals surface area contributed by atoms with Crippen LogP contribution in [0.5, 0.6) is 0 Å². The molecule has 118 valence electrons. The number of hydrogen-bond acceptors (Lipinski definition) is 2. The van der Waals surface area contributed by atoms with Crippen molar-refractivity contribution in [3.05, 3.63) is 59.8 Å². The van der Waals surface area contributed by atoms with Gasteiger partial charge in [0.15, 0.2) is 0 Å². The fraction of sp³-hybridized carbons (Fsp3) is 0.421. The third-order valence-corrected chi connectivity index (χ3v) is 3.82. The Balaban J connectivity index is 2.06. The number of benzene rings is 1. The molecule has 3 heteroatoms. The van der Waals surface area contributed by atoms with Crippen molar-refractivity contribution in [1.29, 1.82) is 0 Å². The molecule has 0 fully saturated rings. The molecule has 1 atom stereocenters. The van der Waals surface area contributed by atoms with Crippen LogP contribution in [0.2, 0.25) is 0 Å². The van der Waals surface area contributed by atoms with E-state index in [4.69, 9.17) is 4.74 Å². The lowest BCUT2D eigenvalue weighted by Crippen LogP contribution is -2.31. The van der Waals surface area contributed by atoms with Gasteiger partial charge in [0.05, 0.1) is 12.6 Å². The standard InChI is InChI=1S/C19H25NO2/c1-3-5-6-9-16-11-13-17(14-12-16)18-10-7-8-15-20(18)19(21)22-4-2/h7-8,10-15,18H,3-6,9H2,1-2H3. The van der Waals surface area contributed by atoms with Gasteiger partial charge in [-0.3, -0.25) is 4.90 Å². The second-order valence-electron chi connectivity index (χ2n) is 5.48. The maximum Gasteiger partial charge on any atom is 0.414 e. The SMILES string of the molecule is CCCCCc1ccc(C2C=CC=CN2C(=O)OCC)cc1. The van der Waals surface area contributed by atoms with Crippen LogP contribution in [0.15, 0.2) is 48.7 Å². The van der Waals surface area contributed by atoms with Crippen LogP contribution in [0.4, 0.5) is 4.79 Å². The normalized spacial score (nSPS) is 16.8. The minimum atomic E-state index is -0.305. The van der Waals surface area contributed by atoms with Crippen molar-refractivity contribution in [3.8, 4) is 0 Å². The van der Waals surface area contributed by atoms with Gasteiger partial charge >= 0.3 is 6.09 Å². The maximum absolute atomic E-state index is 12.0. The van der Waals surface area contributed by atoms with Crippen LogP contribution in [0.1, 0.15) is 50.3 Å². The van der Waals surface area contributed by atoms with Gasteiger partial charge in [-0.1, -0.05) is 56.2 Å². The predicted molar refractivity (Wildman–Crippen MR) is 89.6 cm³/mol. The average molecular weight is 299 g/mol. The lowest BCUT2D eigenvalue weighted by molar-refractivity contribution is 0.115. The van der Waals surface area contributed by atoms with Crippen molar-refractivity contribution >= 4 is 6.09 Å². The summed E-state index contributed by atoms with van der Waals surface area (Å²) in [7, 11) is 0. The number of carbonyl (C=O) groups excluding carboxylic acids is 1. The van der Waals surface area contributed by atoms with Crippen molar-refractivity contribution in [2.75, 3.05) is 6.61 Å². The first-order valence-corrected chi connectivity index (χ1v) is 8.15. The summed E-state index contributed by atoms with van der Waals surface area (Å²) in [6, 6.07) is 8.47. The van der Waals surface area contributed by atoms with Crippen LogP contribution >= 0.6 is 0 Å². The second kappa shape index (κ2) is 8.42. The summed E-state index contributed by atoms with van der Waals surface area (Å²) in [6.07, 6.45) is 12.2. The van der Waals surface area contributed by atoms with Gasteiger partial charge in [-0.05, 0) is 37.0 Å². The number of allylic oxidation sites excluding steroid dienone is 2. The summed E-state index contributed by atoms with van der Waals surface area (Å²) in [5.74, 6) is 0. The monoisotopic (exact) mass is 299 g/mol. The molecule has 1 aliphatic rings. The molecule has 1 aliphatic heterocycles. The van der Waals surface area contributed by atoms with Crippen LogP contribution in [-0.2, 0) is 11.2 Å². The van der Waals surface area contributed by atoms with E-state index in [-0.39, 0.29) is 12.1 Å². The summed E-state index contributed by atoms with van der Waals surface area (Å²) >= 11 is 0. The predicted octanol–water partition coefficient (Wildman–Crippen LogP) is 5.00. The first-order chi connectivity index (χ1) is 10.8. The first kappa shape index (κ1) is 16.3. The zero-order chi connectivity index (χ0) is 15.8. The Morgan fingerprint density at radius 2 is 1.91 bits per heavy atom. The number of unbranched alkanes of at least 4 members (excludes halogenated alkanes) is 2. The van der Waals surface area contributed by atoms with Crippen molar-refractivity contribution < 1.29 is 9.53 Å². The molecule has 1 aromatic carbocycles. The summed E-state index contributed by atoms with van der Waals surface area (Å²) in [5.41, 5.74) is 2.46. The van der Waals surface area contributed by atoms with Gasteiger partial charge < -0.3 is 4.74 Å². The number of nitrogens with zero attached hydrogens (tertiary/aromatic N) is 1. The van der Waals surface area contributed by atoms with Crippen molar-refractivity contribution in [3.63, 3.8) is 0 Å². The van der Waals surface area contributed by atoms with E-state index in [2.05, 4.69) is 31.2 Å². The van der Waals surface area contributed by atoms with Gasteiger partial charge in [0.1, 0.15) is 0 Å². The van der Waals surface area contributed by atoms with Crippen molar-refractivity contribution in [2.45, 2.75) is 45.6 Å². The molecule has 0 aliphatic carbocycles. The zero-order valence-corrected chi connectivity index (χ0v) is 13.5. The number of carbonyl (C=O) groups is 1. The van der Waals surface area contributed by atoms with Crippen molar-refractivity contribution in [1.82, 2.24) is 4.90 Å². The smallest absolute Gasteiger partial charge is 0.414 e. The molecule has 0 saturated heterocycles. The molecule has 0 bridgehead atoms. The zero-order valence-electron chi connectivity index (χ0n) is 13.5. The summed E-state index contributed by atoms with van der Waals surface area (Å²) in [4.78, 5) is 13.7. The fourth-order valence-corrected chi connectivity index (χ4v) is 2.60. The van der Waals surface area contributed by atoms with E-state index in [0.29, 0.717) is 6.61 Å². The highest BCUT2D eigenvalue weighted by Crippen LogP contribution is 2.26. The Hall–Kier alpha value is -2.03. The number of amides is 1. The third-order valence-electron chi connectivity index (χ3n) is 3.82. The molecule has 22 heavy (non-hydrogen) atoms. The maximum atomic E-state index is 12.0. The van der Waals surface area contributed by atoms with Gasteiger partial charge in [0.2, 0.25) is 0 Å². The van der Waals surface area contributed by atoms with E-state index in [1.54, 1.807) is 11.1 Å².